The summed E-state index contributed by atoms with van der Waals surface area (Å²) in [7, 11) is 0. The van der Waals surface area contributed by atoms with Crippen LogP contribution in [0.3, 0.4) is 0 Å². The summed E-state index contributed by atoms with van der Waals surface area (Å²) in [5, 5.41) is 3.63. The van der Waals surface area contributed by atoms with Gasteiger partial charge in [-0.2, -0.15) is 0 Å². The topological polar surface area (TPSA) is 28.4 Å². The highest BCUT2D eigenvalue weighted by molar-refractivity contribution is 5.23. The van der Waals surface area contributed by atoms with Crippen LogP contribution < -0.4 is 5.32 Å². The average molecular weight is 278 g/mol. The second-order valence-electron chi connectivity index (χ2n) is 7.33. The van der Waals surface area contributed by atoms with E-state index in [-0.39, 0.29) is 5.54 Å². The van der Waals surface area contributed by atoms with E-state index < -0.39 is 0 Å². The predicted octanol–water partition coefficient (Wildman–Crippen LogP) is 3.67. The van der Waals surface area contributed by atoms with E-state index in [2.05, 4.69) is 50.9 Å². The molecule has 2 unspecified atom stereocenters. The van der Waals surface area contributed by atoms with Crippen LogP contribution in [0.4, 0.5) is 0 Å². The van der Waals surface area contributed by atoms with Crippen LogP contribution in [0.15, 0.2) is 10.5 Å². The zero-order chi connectivity index (χ0) is 14.9. The second-order valence-corrected chi connectivity index (χ2v) is 7.33. The second kappa shape index (κ2) is 5.90. The Bertz CT molecular complexity index is 444. The average Bonchev–Trinajstić information content (AvgIpc) is 2.91. The molecule has 3 heteroatoms. The molecule has 3 nitrogen and oxygen atoms in total. The number of nitrogens with zero attached hydrogens (tertiary/aromatic N) is 1. The number of rotatable bonds is 4. The van der Waals surface area contributed by atoms with E-state index in [1.54, 1.807) is 0 Å². The summed E-state index contributed by atoms with van der Waals surface area (Å²) in [6.07, 6.45) is 1.29. The van der Waals surface area contributed by atoms with Crippen LogP contribution in [0, 0.1) is 19.8 Å². The first-order chi connectivity index (χ1) is 9.26. The van der Waals surface area contributed by atoms with Crippen molar-refractivity contribution in [1.82, 2.24) is 10.2 Å². The zero-order valence-corrected chi connectivity index (χ0v) is 13.9. The van der Waals surface area contributed by atoms with Gasteiger partial charge >= 0.3 is 0 Å². The van der Waals surface area contributed by atoms with E-state index in [0.717, 1.165) is 24.0 Å². The molecule has 0 spiro atoms. The molecular formula is C17H30N2O. The molecule has 20 heavy (non-hydrogen) atoms. The lowest BCUT2D eigenvalue weighted by Gasteiger charge is -2.26. The maximum Gasteiger partial charge on any atom is 0.105 e. The van der Waals surface area contributed by atoms with Crippen LogP contribution >= 0.6 is 0 Å². The van der Waals surface area contributed by atoms with Gasteiger partial charge in [0.2, 0.25) is 0 Å². The number of likely N-dealkylation sites (tertiary alicyclic amines) is 1. The van der Waals surface area contributed by atoms with E-state index in [4.69, 9.17) is 4.42 Å². The van der Waals surface area contributed by atoms with Crippen molar-refractivity contribution in [3.05, 3.63) is 23.2 Å². The van der Waals surface area contributed by atoms with Crippen molar-refractivity contribution in [2.45, 2.75) is 59.5 Å². The molecule has 0 bridgehead atoms. The molecule has 2 heterocycles. The van der Waals surface area contributed by atoms with Gasteiger partial charge in [0.15, 0.2) is 0 Å². The van der Waals surface area contributed by atoms with Crippen LogP contribution in [-0.4, -0.2) is 30.1 Å². The molecule has 2 rings (SSSR count). The summed E-state index contributed by atoms with van der Waals surface area (Å²) < 4.78 is 5.68. The SMILES string of the molecule is Cc1cc(C(C)N2CCC(CNC(C)(C)C)C2)c(C)o1. The Hall–Kier alpha value is -0.800. The lowest BCUT2D eigenvalue weighted by molar-refractivity contribution is 0.246. The van der Waals surface area contributed by atoms with Crippen LogP contribution in [0.5, 0.6) is 0 Å². The van der Waals surface area contributed by atoms with Crippen LogP contribution in [0.1, 0.15) is 57.2 Å². The lowest BCUT2D eigenvalue weighted by atomic mass is 10.0. The van der Waals surface area contributed by atoms with Gasteiger partial charge in [0.05, 0.1) is 0 Å². The van der Waals surface area contributed by atoms with Gasteiger partial charge in [-0.15, -0.1) is 0 Å². The Labute approximate surface area is 123 Å². The first kappa shape index (κ1) is 15.6. The molecular weight excluding hydrogens is 248 g/mol. The maximum absolute atomic E-state index is 5.68. The van der Waals surface area contributed by atoms with E-state index in [1.807, 2.05) is 6.92 Å². The monoisotopic (exact) mass is 278 g/mol. The van der Waals surface area contributed by atoms with Gasteiger partial charge < -0.3 is 9.73 Å². The third-order valence-corrected chi connectivity index (χ3v) is 4.32. The van der Waals surface area contributed by atoms with Gasteiger partial charge in [0.25, 0.3) is 0 Å². The lowest BCUT2D eigenvalue weighted by Crippen LogP contribution is -2.39. The Kier molecular flexibility index (Phi) is 4.60. The fourth-order valence-electron chi connectivity index (χ4n) is 3.09. The van der Waals surface area contributed by atoms with Gasteiger partial charge in [-0.3, -0.25) is 4.90 Å². The summed E-state index contributed by atoms with van der Waals surface area (Å²) in [6, 6.07) is 2.66. The number of furan rings is 1. The molecule has 2 atom stereocenters. The van der Waals surface area contributed by atoms with Gasteiger partial charge in [-0.1, -0.05) is 0 Å². The number of hydrogen-bond donors (Lipinski definition) is 1. The molecule has 0 aliphatic carbocycles. The maximum atomic E-state index is 5.68. The molecule has 0 radical (unpaired) electrons. The summed E-state index contributed by atoms with van der Waals surface area (Å²) in [5.41, 5.74) is 1.57. The fraction of sp³-hybridized carbons (Fsp3) is 0.765. The normalized spacial score (nSPS) is 22.4. The first-order valence-electron chi connectivity index (χ1n) is 7.82. The Morgan fingerprint density at radius 2 is 2.10 bits per heavy atom. The molecule has 1 N–H and O–H groups in total. The van der Waals surface area contributed by atoms with Gasteiger partial charge in [0, 0.05) is 23.7 Å². The smallest absolute Gasteiger partial charge is 0.105 e. The van der Waals surface area contributed by atoms with Gasteiger partial charge in [0.1, 0.15) is 11.5 Å². The Morgan fingerprint density at radius 3 is 2.65 bits per heavy atom. The van der Waals surface area contributed by atoms with Crippen molar-refractivity contribution in [2.24, 2.45) is 5.92 Å². The van der Waals surface area contributed by atoms with Crippen molar-refractivity contribution >= 4 is 0 Å². The minimum absolute atomic E-state index is 0.220. The van der Waals surface area contributed by atoms with Crippen molar-refractivity contribution < 1.29 is 4.42 Å². The molecule has 0 aromatic carbocycles. The van der Waals surface area contributed by atoms with Crippen molar-refractivity contribution in [1.29, 1.82) is 0 Å². The minimum Gasteiger partial charge on any atom is -0.466 e. The van der Waals surface area contributed by atoms with E-state index in [0.29, 0.717) is 6.04 Å². The first-order valence-corrected chi connectivity index (χ1v) is 7.82. The molecule has 1 aromatic heterocycles. The third kappa shape index (κ3) is 3.86. The molecule has 1 aromatic rings. The minimum atomic E-state index is 0.220. The van der Waals surface area contributed by atoms with Gasteiger partial charge in [-0.05, 0) is 73.0 Å². The highest BCUT2D eigenvalue weighted by Crippen LogP contribution is 2.30. The van der Waals surface area contributed by atoms with E-state index in [1.165, 1.54) is 25.1 Å². The molecule has 1 fully saturated rings. The molecule has 1 aliphatic rings. The standard InChI is InChI=1S/C17H30N2O/c1-12-9-16(14(3)20-12)13(2)19-8-7-15(11-19)10-18-17(4,5)6/h9,13,15,18H,7-8,10-11H2,1-6H3. The molecule has 0 saturated carbocycles. The van der Waals surface area contributed by atoms with E-state index in [9.17, 15) is 0 Å². The predicted molar refractivity (Wildman–Crippen MR) is 84.0 cm³/mol. The zero-order valence-electron chi connectivity index (χ0n) is 13.9. The van der Waals surface area contributed by atoms with Crippen LogP contribution in [0.25, 0.3) is 0 Å². The highest BCUT2D eigenvalue weighted by atomic mass is 16.3. The summed E-state index contributed by atoms with van der Waals surface area (Å²) >= 11 is 0. The number of hydrogen-bond acceptors (Lipinski definition) is 3. The van der Waals surface area contributed by atoms with Crippen molar-refractivity contribution in [3.8, 4) is 0 Å². The van der Waals surface area contributed by atoms with Crippen molar-refractivity contribution in [3.63, 3.8) is 0 Å². The summed E-state index contributed by atoms with van der Waals surface area (Å²) in [4.78, 5) is 2.59. The third-order valence-electron chi connectivity index (χ3n) is 4.32. The largest absolute Gasteiger partial charge is 0.466 e. The molecule has 0 amide bonds. The van der Waals surface area contributed by atoms with Gasteiger partial charge in [-0.25, -0.2) is 0 Å². The molecule has 1 aliphatic heterocycles. The summed E-state index contributed by atoms with van der Waals surface area (Å²) in [5.74, 6) is 2.87. The molecule has 1 saturated heterocycles. The Morgan fingerprint density at radius 1 is 1.40 bits per heavy atom. The van der Waals surface area contributed by atoms with Crippen LogP contribution in [0.2, 0.25) is 0 Å². The fourth-order valence-corrected chi connectivity index (χ4v) is 3.09. The number of aryl methyl sites for hydroxylation is 2. The highest BCUT2D eigenvalue weighted by Gasteiger charge is 2.28. The number of nitrogens with one attached hydrogen (secondary N) is 1. The molecule has 114 valence electrons. The Balaban J connectivity index is 1.90. The van der Waals surface area contributed by atoms with Crippen LogP contribution in [-0.2, 0) is 0 Å². The van der Waals surface area contributed by atoms with Crippen molar-refractivity contribution in [2.75, 3.05) is 19.6 Å². The quantitative estimate of drug-likeness (QED) is 0.911. The van der Waals surface area contributed by atoms with E-state index >= 15 is 0 Å². The summed E-state index contributed by atoms with van der Waals surface area (Å²) in [6.45, 7) is 16.6.